The van der Waals surface area contributed by atoms with Gasteiger partial charge in [-0.05, 0) is 30.5 Å². The number of aromatic nitrogens is 3. The van der Waals surface area contributed by atoms with E-state index in [1.807, 2.05) is 6.26 Å². The van der Waals surface area contributed by atoms with Gasteiger partial charge in [0, 0.05) is 23.4 Å². The SMILES string of the molecule is CSc1ccc([N+](=O)[O-])c(C(=O)Nc2ccc(-n3ccnc3)nc2)c1. The molecule has 0 saturated heterocycles. The number of amides is 1. The summed E-state index contributed by atoms with van der Waals surface area (Å²) < 4.78 is 1.72. The Morgan fingerprint density at radius 1 is 1.32 bits per heavy atom. The Hall–Kier alpha value is -3.20. The number of thioether (sulfide) groups is 1. The van der Waals surface area contributed by atoms with E-state index in [1.165, 1.54) is 30.1 Å². The molecule has 2 aromatic heterocycles. The summed E-state index contributed by atoms with van der Waals surface area (Å²) in [4.78, 5) is 32.0. The third kappa shape index (κ3) is 3.66. The molecule has 0 unspecified atom stereocenters. The Bertz CT molecular complexity index is 910. The number of nitro benzene ring substituents is 1. The lowest BCUT2D eigenvalue weighted by molar-refractivity contribution is -0.385. The number of benzene rings is 1. The number of carbonyl (C=O) groups is 1. The van der Waals surface area contributed by atoms with Gasteiger partial charge in [-0.3, -0.25) is 19.5 Å². The molecule has 1 aromatic carbocycles. The molecule has 0 saturated carbocycles. The van der Waals surface area contributed by atoms with Crippen LogP contribution in [0.5, 0.6) is 0 Å². The number of carbonyl (C=O) groups excluding carboxylic acids is 1. The summed E-state index contributed by atoms with van der Waals surface area (Å²) in [6, 6.07) is 7.84. The number of nitro groups is 1. The van der Waals surface area contributed by atoms with Crippen molar-refractivity contribution in [2.75, 3.05) is 11.6 Å². The normalized spacial score (nSPS) is 10.4. The van der Waals surface area contributed by atoms with Crippen molar-refractivity contribution in [3.63, 3.8) is 0 Å². The van der Waals surface area contributed by atoms with E-state index in [0.29, 0.717) is 11.5 Å². The minimum absolute atomic E-state index is 0.00976. The number of rotatable bonds is 5. The number of anilines is 1. The molecule has 2 heterocycles. The van der Waals surface area contributed by atoms with Crippen LogP contribution in [-0.2, 0) is 0 Å². The molecule has 126 valence electrons. The first-order chi connectivity index (χ1) is 12.1. The van der Waals surface area contributed by atoms with E-state index in [-0.39, 0.29) is 11.3 Å². The molecule has 0 atom stereocenters. The van der Waals surface area contributed by atoms with Crippen LogP contribution in [0, 0.1) is 10.1 Å². The largest absolute Gasteiger partial charge is 0.320 e. The quantitative estimate of drug-likeness (QED) is 0.428. The zero-order valence-electron chi connectivity index (χ0n) is 13.1. The van der Waals surface area contributed by atoms with Gasteiger partial charge >= 0.3 is 0 Å². The summed E-state index contributed by atoms with van der Waals surface area (Å²) in [6.45, 7) is 0. The molecule has 3 rings (SSSR count). The Morgan fingerprint density at radius 2 is 2.16 bits per heavy atom. The molecule has 1 N–H and O–H groups in total. The first-order valence-electron chi connectivity index (χ1n) is 7.16. The molecular weight excluding hydrogens is 342 g/mol. The first kappa shape index (κ1) is 16.7. The summed E-state index contributed by atoms with van der Waals surface area (Å²) in [5, 5.41) is 13.8. The minimum Gasteiger partial charge on any atom is -0.320 e. The molecule has 0 aliphatic carbocycles. The Morgan fingerprint density at radius 3 is 2.76 bits per heavy atom. The lowest BCUT2D eigenvalue weighted by atomic mass is 10.1. The van der Waals surface area contributed by atoms with Gasteiger partial charge in [0.1, 0.15) is 17.7 Å². The zero-order valence-corrected chi connectivity index (χ0v) is 13.9. The number of nitrogens with one attached hydrogen (secondary N) is 1. The van der Waals surface area contributed by atoms with Gasteiger partial charge in [-0.2, -0.15) is 0 Å². The molecule has 8 nitrogen and oxygen atoms in total. The second kappa shape index (κ2) is 7.14. The number of imidazole rings is 1. The minimum atomic E-state index is -0.570. The van der Waals surface area contributed by atoms with E-state index >= 15 is 0 Å². The van der Waals surface area contributed by atoms with Crippen molar-refractivity contribution in [2.45, 2.75) is 4.90 Å². The van der Waals surface area contributed by atoms with Gasteiger partial charge in [-0.1, -0.05) is 0 Å². The molecule has 0 radical (unpaired) electrons. The highest BCUT2D eigenvalue weighted by Gasteiger charge is 2.20. The molecule has 0 aliphatic heterocycles. The topological polar surface area (TPSA) is 103 Å². The Labute approximate surface area is 147 Å². The van der Waals surface area contributed by atoms with Crippen molar-refractivity contribution in [2.24, 2.45) is 0 Å². The van der Waals surface area contributed by atoms with Gasteiger partial charge in [0.05, 0.1) is 16.8 Å². The van der Waals surface area contributed by atoms with Crippen LogP contribution < -0.4 is 5.32 Å². The highest BCUT2D eigenvalue weighted by molar-refractivity contribution is 7.98. The van der Waals surface area contributed by atoms with E-state index in [9.17, 15) is 14.9 Å². The second-order valence-corrected chi connectivity index (χ2v) is 5.85. The van der Waals surface area contributed by atoms with E-state index < -0.39 is 10.8 Å². The Balaban J connectivity index is 1.83. The van der Waals surface area contributed by atoms with E-state index in [0.717, 1.165) is 4.90 Å². The van der Waals surface area contributed by atoms with Crippen LogP contribution in [0.1, 0.15) is 10.4 Å². The maximum absolute atomic E-state index is 12.5. The molecule has 3 aromatic rings. The van der Waals surface area contributed by atoms with Gasteiger partial charge in [-0.25, -0.2) is 9.97 Å². The molecule has 0 spiro atoms. The van der Waals surface area contributed by atoms with E-state index in [4.69, 9.17) is 0 Å². The van der Waals surface area contributed by atoms with Crippen LogP contribution in [0.2, 0.25) is 0 Å². The lowest BCUT2D eigenvalue weighted by Gasteiger charge is -2.08. The van der Waals surface area contributed by atoms with Crippen LogP contribution in [0.4, 0.5) is 11.4 Å². The predicted molar refractivity (Wildman–Crippen MR) is 94.2 cm³/mol. The summed E-state index contributed by atoms with van der Waals surface area (Å²) in [5.74, 6) is 0.0886. The molecular formula is C16H13N5O3S. The zero-order chi connectivity index (χ0) is 17.8. The predicted octanol–water partition coefficient (Wildman–Crippen LogP) is 3.15. The fourth-order valence-corrected chi connectivity index (χ4v) is 2.63. The number of nitrogens with zero attached hydrogens (tertiary/aromatic N) is 4. The van der Waals surface area contributed by atoms with Gasteiger partial charge < -0.3 is 5.32 Å². The first-order valence-corrected chi connectivity index (χ1v) is 8.39. The van der Waals surface area contributed by atoms with Gasteiger partial charge in [-0.15, -0.1) is 11.8 Å². The summed E-state index contributed by atoms with van der Waals surface area (Å²) >= 11 is 1.40. The van der Waals surface area contributed by atoms with Crippen LogP contribution in [-0.4, -0.2) is 31.6 Å². The summed E-state index contributed by atoms with van der Waals surface area (Å²) in [5.41, 5.74) is 0.214. The smallest absolute Gasteiger partial charge is 0.282 e. The summed E-state index contributed by atoms with van der Waals surface area (Å²) in [7, 11) is 0. The van der Waals surface area contributed by atoms with Gasteiger partial charge in [0.2, 0.25) is 0 Å². The fraction of sp³-hybridized carbons (Fsp3) is 0.0625. The van der Waals surface area contributed by atoms with Crippen molar-refractivity contribution in [1.82, 2.24) is 14.5 Å². The average molecular weight is 355 g/mol. The van der Waals surface area contributed by atoms with Gasteiger partial charge in [0.15, 0.2) is 0 Å². The van der Waals surface area contributed by atoms with Crippen molar-refractivity contribution >= 4 is 29.0 Å². The molecule has 9 heteroatoms. The highest BCUT2D eigenvalue weighted by atomic mass is 32.2. The van der Waals surface area contributed by atoms with E-state index in [1.54, 1.807) is 41.5 Å². The third-order valence-corrected chi connectivity index (χ3v) is 4.15. The Kier molecular flexibility index (Phi) is 4.75. The number of hydrogen-bond acceptors (Lipinski definition) is 6. The summed E-state index contributed by atoms with van der Waals surface area (Å²) in [6.07, 6.45) is 8.31. The lowest BCUT2D eigenvalue weighted by Crippen LogP contribution is -2.14. The molecule has 25 heavy (non-hydrogen) atoms. The van der Waals surface area contributed by atoms with Gasteiger partial charge in [0.25, 0.3) is 11.6 Å². The second-order valence-electron chi connectivity index (χ2n) is 4.97. The van der Waals surface area contributed by atoms with Crippen molar-refractivity contribution < 1.29 is 9.72 Å². The maximum atomic E-state index is 12.5. The standard InChI is InChI=1S/C16H13N5O3S/c1-25-12-3-4-14(21(23)24)13(8-12)16(22)19-11-2-5-15(18-9-11)20-7-6-17-10-20/h2-10H,1H3,(H,19,22). The van der Waals surface area contributed by atoms with Crippen LogP contribution >= 0.6 is 11.8 Å². The van der Waals surface area contributed by atoms with Crippen LogP contribution in [0.25, 0.3) is 5.82 Å². The third-order valence-electron chi connectivity index (χ3n) is 3.42. The molecule has 0 bridgehead atoms. The van der Waals surface area contributed by atoms with Crippen LogP contribution in [0.3, 0.4) is 0 Å². The molecule has 0 fully saturated rings. The number of hydrogen-bond donors (Lipinski definition) is 1. The fourth-order valence-electron chi connectivity index (χ4n) is 2.19. The molecule has 1 amide bonds. The number of pyridine rings is 1. The van der Waals surface area contributed by atoms with Crippen molar-refractivity contribution in [1.29, 1.82) is 0 Å². The van der Waals surface area contributed by atoms with Crippen molar-refractivity contribution in [3.8, 4) is 5.82 Å². The monoisotopic (exact) mass is 355 g/mol. The van der Waals surface area contributed by atoms with E-state index in [2.05, 4.69) is 15.3 Å². The maximum Gasteiger partial charge on any atom is 0.282 e. The van der Waals surface area contributed by atoms with Crippen molar-refractivity contribution in [3.05, 3.63) is 70.9 Å². The average Bonchev–Trinajstić information content (AvgIpc) is 3.16. The highest BCUT2D eigenvalue weighted by Crippen LogP contribution is 2.25. The van der Waals surface area contributed by atoms with Crippen LogP contribution in [0.15, 0.2) is 60.1 Å². The molecule has 0 aliphatic rings.